The van der Waals surface area contributed by atoms with E-state index in [0.717, 1.165) is 0 Å². The molecule has 0 fully saturated rings. The monoisotopic (exact) mass is 487 g/mol. The van der Waals surface area contributed by atoms with Crippen LogP contribution in [-0.4, -0.2) is 42.3 Å². The van der Waals surface area contributed by atoms with Crippen molar-refractivity contribution >= 4 is 51.2 Å². The van der Waals surface area contributed by atoms with Crippen LogP contribution in [0.15, 0.2) is 51.5 Å². The van der Waals surface area contributed by atoms with Gasteiger partial charge in [0, 0.05) is 0 Å². The smallest absolute Gasteiger partial charge is 0.335 e. The minimum absolute atomic E-state index is 0.113. The molecule has 0 aliphatic carbocycles. The van der Waals surface area contributed by atoms with Crippen LogP contribution in [0.5, 0.6) is 11.5 Å². The van der Waals surface area contributed by atoms with Crippen LogP contribution >= 0.6 is 15.9 Å². The summed E-state index contributed by atoms with van der Waals surface area (Å²) < 4.78 is 11.2. The molecule has 31 heavy (non-hydrogen) atoms. The van der Waals surface area contributed by atoms with E-state index in [1.165, 1.54) is 36.4 Å². The number of carbonyl (C=O) groups is 3. The molecule has 0 spiro atoms. The molecule has 3 N–H and O–H groups in total. The maximum absolute atomic E-state index is 12.9. The Morgan fingerprint density at radius 2 is 1.94 bits per heavy atom. The highest BCUT2D eigenvalue weighted by molar-refractivity contribution is 9.10. The van der Waals surface area contributed by atoms with Gasteiger partial charge in [-0.3, -0.25) is 9.59 Å². The van der Waals surface area contributed by atoms with E-state index in [9.17, 15) is 14.4 Å². The second-order valence-corrected chi connectivity index (χ2v) is 7.36. The number of hydrogen-bond donors (Lipinski definition) is 2. The third kappa shape index (κ3) is 4.75. The summed E-state index contributed by atoms with van der Waals surface area (Å²) in [6, 6.07) is 9.21. The first kappa shape index (κ1) is 22.0. The van der Waals surface area contributed by atoms with Crippen LogP contribution in [0.1, 0.15) is 22.8 Å². The first-order valence-corrected chi connectivity index (χ1v) is 9.74. The lowest BCUT2D eigenvalue weighted by molar-refractivity contribution is -0.120. The van der Waals surface area contributed by atoms with Crippen LogP contribution in [0.4, 0.5) is 5.69 Å². The van der Waals surface area contributed by atoms with Gasteiger partial charge in [0.05, 0.1) is 34.1 Å². The number of carbonyl (C=O) groups excluding carboxylic acids is 2. The molecule has 9 nitrogen and oxygen atoms in total. The lowest BCUT2D eigenvalue weighted by Gasteiger charge is -2.13. The summed E-state index contributed by atoms with van der Waals surface area (Å²) >= 11 is 3.38. The largest absolute Gasteiger partial charge is 0.493 e. The Morgan fingerprint density at radius 1 is 1.26 bits per heavy atom. The number of carboxylic acid groups (broad SMARTS) is 1. The number of halogens is 1. The summed E-state index contributed by atoms with van der Waals surface area (Å²) in [5.41, 5.74) is 7.18. The van der Waals surface area contributed by atoms with E-state index >= 15 is 0 Å². The number of primary amides is 1. The Labute approximate surface area is 185 Å². The number of aromatic carboxylic acids is 1. The zero-order valence-electron chi connectivity index (χ0n) is 16.6. The molecule has 1 aliphatic heterocycles. The van der Waals surface area contributed by atoms with Crippen molar-refractivity contribution in [2.75, 3.05) is 18.7 Å². The minimum Gasteiger partial charge on any atom is -0.493 e. The fraction of sp³-hybridized carbons (Fsp3) is 0.143. The predicted molar refractivity (Wildman–Crippen MR) is 117 cm³/mol. The van der Waals surface area contributed by atoms with Crippen LogP contribution < -0.4 is 20.2 Å². The number of rotatable bonds is 7. The number of ether oxygens (including phenoxy) is 2. The van der Waals surface area contributed by atoms with Gasteiger partial charge in [0.25, 0.3) is 11.8 Å². The van der Waals surface area contributed by atoms with E-state index in [2.05, 4.69) is 21.0 Å². The first-order chi connectivity index (χ1) is 14.7. The third-order valence-electron chi connectivity index (χ3n) is 4.34. The number of carboxylic acids is 1. The van der Waals surface area contributed by atoms with Gasteiger partial charge in [-0.25, -0.2) is 4.79 Å². The summed E-state index contributed by atoms with van der Waals surface area (Å²) in [6.07, 6.45) is 1.65. The van der Waals surface area contributed by atoms with Crippen molar-refractivity contribution in [1.82, 2.24) is 0 Å². The molecular weight excluding hydrogens is 470 g/mol. The molecule has 2 aromatic rings. The Kier molecular flexibility index (Phi) is 6.40. The van der Waals surface area contributed by atoms with E-state index in [1.54, 1.807) is 25.1 Å². The number of benzene rings is 2. The molecule has 0 atom stereocenters. The summed E-state index contributed by atoms with van der Waals surface area (Å²) in [4.78, 5) is 35.0. The fourth-order valence-corrected chi connectivity index (χ4v) is 3.45. The van der Waals surface area contributed by atoms with Gasteiger partial charge in [-0.15, -0.1) is 0 Å². The highest BCUT2D eigenvalue weighted by atomic mass is 79.9. The molecule has 0 radical (unpaired) electrons. The van der Waals surface area contributed by atoms with Crippen LogP contribution in [-0.2, 0) is 9.59 Å². The molecule has 1 aliphatic rings. The van der Waals surface area contributed by atoms with Crippen molar-refractivity contribution in [3.05, 3.63) is 57.6 Å². The summed E-state index contributed by atoms with van der Waals surface area (Å²) in [7, 11) is 1.45. The molecule has 0 bridgehead atoms. The van der Waals surface area contributed by atoms with Gasteiger partial charge in [-0.2, -0.15) is 10.1 Å². The average molecular weight is 488 g/mol. The highest BCUT2D eigenvalue weighted by Crippen LogP contribution is 2.37. The van der Waals surface area contributed by atoms with Gasteiger partial charge in [-0.1, -0.05) is 0 Å². The van der Waals surface area contributed by atoms with E-state index in [0.29, 0.717) is 38.5 Å². The van der Waals surface area contributed by atoms with E-state index in [1.807, 2.05) is 0 Å². The zero-order valence-corrected chi connectivity index (χ0v) is 18.2. The molecule has 3 rings (SSSR count). The van der Waals surface area contributed by atoms with E-state index in [-0.39, 0.29) is 18.1 Å². The SMILES string of the molecule is COc1cc(C=C2C(=O)N(c3ccc(C(=O)O)cc3)N=C2C)cc(Br)c1OCC(N)=O. The van der Waals surface area contributed by atoms with Gasteiger partial charge < -0.3 is 20.3 Å². The molecular formula is C21H18BrN3O6. The number of methoxy groups -OCH3 is 1. The number of nitrogens with two attached hydrogens (primary N) is 1. The van der Waals surface area contributed by atoms with Gasteiger partial charge in [0.1, 0.15) is 0 Å². The van der Waals surface area contributed by atoms with Crippen molar-refractivity contribution in [2.45, 2.75) is 6.92 Å². The molecule has 10 heteroatoms. The standard InChI is InChI=1S/C21H18BrN3O6/c1-11-15(20(27)25(24-11)14-5-3-13(4-6-14)21(28)29)7-12-8-16(22)19(17(9-12)30-2)31-10-18(23)26/h3-9H,10H2,1-2H3,(H2,23,26)(H,28,29). The second-order valence-electron chi connectivity index (χ2n) is 6.50. The Balaban J connectivity index is 1.90. The van der Waals surface area contributed by atoms with Crippen LogP contribution in [0, 0.1) is 0 Å². The van der Waals surface area contributed by atoms with Crippen molar-refractivity contribution in [3.63, 3.8) is 0 Å². The second kappa shape index (κ2) is 9.00. The minimum atomic E-state index is -1.05. The molecule has 2 aromatic carbocycles. The lowest BCUT2D eigenvalue weighted by atomic mass is 10.1. The Hall–Kier alpha value is -3.66. The highest BCUT2D eigenvalue weighted by Gasteiger charge is 2.29. The van der Waals surface area contributed by atoms with E-state index in [4.69, 9.17) is 20.3 Å². The van der Waals surface area contributed by atoms with Gasteiger partial charge in [0.2, 0.25) is 0 Å². The van der Waals surface area contributed by atoms with Gasteiger partial charge >= 0.3 is 5.97 Å². The number of amides is 2. The predicted octanol–water partition coefficient (Wildman–Crippen LogP) is 2.83. The zero-order chi connectivity index (χ0) is 22.7. The fourth-order valence-electron chi connectivity index (χ4n) is 2.88. The van der Waals surface area contributed by atoms with Gasteiger partial charge in [0.15, 0.2) is 18.1 Å². The van der Waals surface area contributed by atoms with Crippen molar-refractivity contribution in [1.29, 1.82) is 0 Å². The molecule has 2 amide bonds. The normalized spacial score (nSPS) is 14.5. The Bertz CT molecular complexity index is 1120. The molecule has 0 saturated heterocycles. The summed E-state index contributed by atoms with van der Waals surface area (Å²) in [5.74, 6) is -1.37. The quantitative estimate of drug-likeness (QED) is 0.577. The van der Waals surface area contributed by atoms with Crippen LogP contribution in [0.25, 0.3) is 6.08 Å². The number of anilines is 1. The van der Waals surface area contributed by atoms with Crippen LogP contribution in [0.3, 0.4) is 0 Å². The summed E-state index contributed by atoms with van der Waals surface area (Å²) in [5, 5.41) is 14.5. The first-order valence-electron chi connectivity index (χ1n) is 8.95. The van der Waals surface area contributed by atoms with Crippen molar-refractivity contribution in [2.24, 2.45) is 10.8 Å². The summed E-state index contributed by atoms with van der Waals surface area (Å²) in [6.45, 7) is 1.39. The molecule has 1 heterocycles. The van der Waals surface area contributed by atoms with Crippen LogP contribution in [0.2, 0.25) is 0 Å². The molecule has 0 saturated carbocycles. The maximum Gasteiger partial charge on any atom is 0.335 e. The van der Waals surface area contributed by atoms with Crippen molar-refractivity contribution < 1.29 is 29.0 Å². The molecule has 0 aromatic heterocycles. The molecule has 0 unspecified atom stereocenters. The number of nitrogens with zero attached hydrogens (tertiary/aromatic N) is 2. The molecule has 160 valence electrons. The Morgan fingerprint density at radius 3 is 2.52 bits per heavy atom. The number of hydrogen-bond acceptors (Lipinski definition) is 6. The third-order valence-corrected chi connectivity index (χ3v) is 4.93. The maximum atomic E-state index is 12.9. The van der Waals surface area contributed by atoms with Gasteiger partial charge in [-0.05, 0) is 70.9 Å². The van der Waals surface area contributed by atoms with Crippen molar-refractivity contribution in [3.8, 4) is 11.5 Å². The average Bonchev–Trinajstić information content (AvgIpc) is 3.00. The van der Waals surface area contributed by atoms with E-state index < -0.39 is 11.9 Å². The topological polar surface area (TPSA) is 132 Å². The lowest BCUT2D eigenvalue weighted by Crippen LogP contribution is -2.21. The number of hydrazone groups is 1.